The number of likely N-dealkylation sites (N-methyl/N-ethyl adjacent to an activating group) is 1. The van der Waals surface area contributed by atoms with Crippen LogP contribution in [0.1, 0.15) is 19.4 Å². The van der Waals surface area contributed by atoms with Crippen molar-refractivity contribution in [1.82, 2.24) is 15.2 Å². The smallest absolute Gasteiger partial charge is 0.244 e. The van der Waals surface area contributed by atoms with Crippen LogP contribution in [0.4, 0.5) is 0 Å². The first kappa shape index (κ1) is 16.9. The molecule has 1 aromatic heterocycles. The molecule has 2 rings (SSSR count). The molecule has 2 N–H and O–H groups in total. The van der Waals surface area contributed by atoms with Crippen molar-refractivity contribution in [2.75, 3.05) is 20.7 Å². The molecule has 0 aliphatic heterocycles. The highest BCUT2D eigenvalue weighted by atomic mass is 16.5. The van der Waals surface area contributed by atoms with E-state index in [1.165, 1.54) is 0 Å². The highest BCUT2D eigenvalue weighted by Crippen LogP contribution is 2.23. The SMILES string of the molecule is CCN(C)C(=O)[C@@H](C)NC(=O)Cc1c[nH]c2ccc(OC)cc12. The number of carbonyl (C=O) groups is 2. The summed E-state index contributed by atoms with van der Waals surface area (Å²) >= 11 is 0. The molecule has 2 amide bonds. The highest BCUT2D eigenvalue weighted by Gasteiger charge is 2.19. The molecule has 6 heteroatoms. The molecule has 0 unspecified atom stereocenters. The maximum atomic E-state index is 12.2. The summed E-state index contributed by atoms with van der Waals surface area (Å²) in [6.45, 7) is 4.21. The normalized spacial score (nSPS) is 12.0. The van der Waals surface area contributed by atoms with E-state index in [1.54, 1.807) is 26.0 Å². The third kappa shape index (κ3) is 3.83. The number of aromatic amines is 1. The number of methoxy groups -OCH3 is 1. The average molecular weight is 317 g/mol. The molecule has 0 fully saturated rings. The van der Waals surface area contributed by atoms with Crippen molar-refractivity contribution in [1.29, 1.82) is 0 Å². The average Bonchev–Trinajstić information content (AvgIpc) is 2.95. The lowest BCUT2D eigenvalue weighted by atomic mass is 10.1. The number of amides is 2. The Hall–Kier alpha value is -2.50. The molecule has 124 valence electrons. The predicted octanol–water partition coefficient (Wildman–Crippen LogP) is 1.70. The lowest BCUT2D eigenvalue weighted by molar-refractivity contribution is -0.134. The van der Waals surface area contributed by atoms with Gasteiger partial charge < -0.3 is 19.9 Å². The van der Waals surface area contributed by atoms with Crippen molar-refractivity contribution >= 4 is 22.7 Å². The fraction of sp³-hybridized carbons (Fsp3) is 0.412. The predicted molar refractivity (Wildman–Crippen MR) is 89.5 cm³/mol. The van der Waals surface area contributed by atoms with Crippen LogP contribution < -0.4 is 10.1 Å². The number of hydrogen-bond acceptors (Lipinski definition) is 3. The zero-order chi connectivity index (χ0) is 17.0. The Bertz CT molecular complexity index is 708. The van der Waals surface area contributed by atoms with Crippen molar-refractivity contribution in [2.24, 2.45) is 0 Å². The zero-order valence-electron chi connectivity index (χ0n) is 14.0. The van der Waals surface area contributed by atoms with Crippen molar-refractivity contribution in [3.63, 3.8) is 0 Å². The number of fused-ring (bicyclic) bond motifs is 1. The monoisotopic (exact) mass is 317 g/mol. The molecule has 0 aliphatic carbocycles. The molecule has 1 heterocycles. The van der Waals surface area contributed by atoms with Crippen molar-refractivity contribution < 1.29 is 14.3 Å². The molecule has 0 saturated carbocycles. The summed E-state index contributed by atoms with van der Waals surface area (Å²) in [5, 5.41) is 3.70. The molecule has 0 aliphatic rings. The Morgan fingerprint density at radius 1 is 1.39 bits per heavy atom. The summed E-state index contributed by atoms with van der Waals surface area (Å²) in [5.41, 5.74) is 1.82. The Morgan fingerprint density at radius 2 is 2.13 bits per heavy atom. The van der Waals surface area contributed by atoms with Gasteiger partial charge >= 0.3 is 0 Å². The molecule has 23 heavy (non-hydrogen) atoms. The second-order valence-electron chi connectivity index (χ2n) is 5.54. The number of ether oxygens (including phenoxy) is 1. The van der Waals surface area contributed by atoms with Crippen LogP contribution in [0.5, 0.6) is 5.75 Å². The maximum Gasteiger partial charge on any atom is 0.244 e. The molecule has 1 aromatic carbocycles. The van der Waals surface area contributed by atoms with Crippen LogP contribution in [0.2, 0.25) is 0 Å². The van der Waals surface area contributed by atoms with Crippen LogP contribution >= 0.6 is 0 Å². The van der Waals surface area contributed by atoms with E-state index in [0.717, 1.165) is 22.2 Å². The summed E-state index contributed by atoms with van der Waals surface area (Å²) < 4.78 is 5.22. The molecule has 0 saturated heterocycles. The van der Waals surface area contributed by atoms with Gasteiger partial charge in [0.1, 0.15) is 11.8 Å². The molecule has 2 aromatic rings. The number of benzene rings is 1. The van der Waals surface area contributed by atoms with Gasteiger partial charge in [-0.2, -0.15) is 0 Å². The Kier molecular flexibility index (Phi) is 5.26. The summed E-state index contributed by atoms with van der Waals surface area (Å²) in [4.78, 5) is 28.9. The van der Waals surface area contributed by atoms with Crippen molar-refractivity contribution in [3.8, 4) is 5.75 Å². The summed E-state index contributed by atoms with van der Waals surface area (Å²) in [5.74, 6) is 0.465. The third-order valence-electron chi connectivity index (χ3n) is 3.92. The van der Waals surface area contributed by atoms with Crippen molar-refractivity contribution in [3.05, 3.63) is 30.0 Å². The van der Waals surface area contributed by atoms with Crippen LogP contribution in [-0.2, 0) is 16.0 Å². The largest absolute Gasteiger partial charge is 0.497 e. The summed E-state index contributed by atoms with van der Waals surface area (Å²) in [7, 11) is 3.33. The third-order valence-corrected chi connectivity index (χ3v) is 3.92. The van der Waals surface area contributed by atoms with Crippen LogP contribution in [0.15, 0.2) is 24.4 Å². The molecular formula is C17H23N3O3. The van der Waals surface area contributed by atoms with E-state index in [1.807, 2.05) is 31.3 Å². The summed E-state index contributed by atoms with van der Waals surface area (Å²) in [6.07, 6.45) is 2.02. The molecule has 0 bridgehead atoms. The van der Waals surface area contributed by atoms with E-state index in [0.29, 0.717) is 6.54 Å². The highest BCUT2D eigenvalue weighted by molar-refractivity contribution is 5.92. The summed E-state index contributed by atoms with van der Waals surface area (Å²) in [6, 6.07) is 5.14. The van der Waals surface area contributed by atoms with E-state index < -0.39 is 6.04 Å². The number of nitrogens with one attached hydrogen (secondary N) is 2. The minimum atomic E-state index is -0.535. The number of H-pyrrole nitrogens is 1. The van der Waals surface area contributed by atoms with E-state index >= 15 is 0 Å². The van der Waals surface area contributed by atoms with E-state index in [9.17, 15) is 9.59 Å². The van der Waals surface area contributed by atoms with Gasteiger partial charge in [-0.15, -0.1) is 0 Å². The maximum absolute atomic E-state index is 12.2. The second-order valence-corrected chi connectivity index (χ2v) is 5.54. The second kappa shape index (κ2) is 7.17. The number of nitrogens with zero attached hydrogens (tertiary/aromatic N) is 1. The molecule has 0 radical (unpaired) electrons. The quantitative estimate of drug-likeness (QED) is 0.851. The number of rotatable bonds is 6. The van der Waals surface area contributed by atoms with Gasteiger partial charge in [0.2, 0.25) is 11.8 Å². The lowest BCUT2D eigenvalue weighted by Crippen LogP contribution is -2.45. The standard InChI is InChI=1S/C17H23N3O3/c1-5-20(3)17(22)11(2)19-16(21)8-12-10-18-15-7-6-13(23-4)9-14(12)15/h6-7,9-11,18H,5,8H2,1-4H3,(H,19,21)/t11-/m1/s1. The topological polar surface area (TPSA) is 74.4 Å². The lowest BCUT2D eigenvalue weighted by Gasteiger charge is -2.20. The number of hydrogen-bond donors (Lipinski definition) is 2. The fourth-order valence-corrected chi connectivity index (χ4v) is 2.44. The first-order chi connectivity index (χ1) is 11.0. The van der Waals surface area contributed by atoms with Gasteiger partial charge in [-0.3, -0.25) is 9.59 Å². The first-order valence-corrected chi connectivity index (χ1v) is 7.64. The Morgan fingerprint density at radius 3 is 2.78 bits per heavy atom. The van der Waals surface area contributed by atoms with Crippen LogP contribution in [0, 0.1) is 0 Å². The van der Waals surface area contributed by atoms with Crippen molar-refractivity contribution in [2.45, 2.75) is 26.3 Å². The molecule has 0 spiro atoms. The van der Waals surface area contributed by atoms with Gasteiger partial charge in [0.05, 0.1) is 13.5 Å². The first-order valence-electron chi connectivity index (χ1n) is 7.64. The fourth-order valence-electron chi connectivity index (χ4n) is 2.44. The van der Waals surface area contributed by atoms with Gasteiger partial charge in [0.15, 0.2) is 0 Å². The van der Waals surface area contributed by atoms with Crippen LogP contribution in [0.3, 0.4) is 0 Å². The van der Waals surface area contributed by atoms with Gasteiger partial charge in [-0.1, -0.05) is 0 Å². The molecular weight excluding hydrogens is 294 g/mol. The Labute approximate surface area is 135 Å². The number of carbonyl (C=O) groups excluding carboxylic acids is 2. The van der Waals surface area contributed by atoms with Gasteiger partial charge in [0, 0.05) is 30.7 Å². The number of aromatic nitrogens is 1. The minimum absolute atomic E-state index is 0.0959. The minimum Gasteiger partial charge on any atom is -0.497 e. The van der Waals surface area contributed by atoms with E-state index in [-0.39, 0.29) is 18.2 Å². The van der Waals surface area contributed by atoms with Crippen LogP contribution in [0.25, 0.3) is 10.9 Å². The molecule has 6 nitrogen and oxygen atoms in total. The Balaban J connectivity index is 2.07. The van der Waals surface area contributed by atoms with E-state index in [4.69, 9.17) is 4.74 Å². The van der Waals surface area contributed by atoms with Gasteiger partial charge in [-0.05, 0) is 37.6 Å². The van der Waals surface area contributed by atoms with Gasteiger partial charge in [0.25, 0.3) is 0 Å². The van der Waals surface area contributed by atoms with Crippen LogP contribution in [-0.4, -0.2) is 48.4 Å². The molecule has 1 atom stereocenters. The van der Waals surface area contributed by atoms with E-state index in [2.05, 4.69) is 10.3 Å². The zero-order valence-corrected chi connectivity index (χ0v) is 14.0. The van der Waals surface area contributed by atoms with Gasteiger partial charge in [-0.25, -0.2) is 0 Å².